The Morgan fingerprint density at radius 2 is 1.70 bits per heavy atom. The Kier molecular flexibility index (Phi) is 12.6. The fourth-order valence-corrected chi connectivity index (χ4v) is 15.9. The zero-order valence-electron chi connectivity index (χ0n) is 37.1. The predicted molar refractivity (Wildman–Crippen MR) is 250 cm³/mol. The van der Waals surface area contributed by atoms with E-state index in [-0.39, 0.29) is 48.0 Å². The molecular weight excluding hydrogens is 881 g/mol. The summed E-state index contributed by atoms with van der Waals surface area (Å²) in [6, 6.07) is 12.1. The van der Waals surface area contributed by atoms with Crippen molar-refractivity contribution in [2.24, 2.45) is 22.7 Å². The molecule has 10 rings (SSSR count). The van der Waals surface area contributed by atoms with Crippen LogP contribution in [0.4, 0.5) is 0 Å². The van der Waals surface area contributed by atoms with Gasteiger partial charge in [-0.25, -0.2) is 0 Å². The Balaban J connectivity index is 1.12. The van der Waals surface area contributed by atoms with E-state index in [1.807, 2.05) is 24.3 Å². The third-order valence-electron chi connectivity index (χ3n) is 16.5. The highest BCUT2D eigenvalue weighted by Gasteiger charge is 2.64. The molecule has 3 aliphatic heterocycles. The second kappa shape index (κ2) is 18.0. The number of benzene rings is 2. The Morgan fingerprint density at radius 1 is 0.894 bits per heavy atom. The zero-order valence-corrected chi connectivity index (χ0v) is 38.8. The van der Waals surface area contributed by atoms with Crippen LogP contribution in [-0.2, 0) is 17.8 Å². The van der Waals surface area contributed by atoms with Crippen molar-refractivity contribution in [2.75, 3.05) is 19.0 Å². The Hall–Kier alpha value is -3.64. The lowest BCUT2D eigenvalue weighted by Crippen LogP contribution is -2.69. The summed E-state index contributed by atoms with van der Waals surface area (Å²) in [6.45, 7) is -0.270. The van der Waals surface area contributed by atoms with Gasteiger partial charge in [0.25, 0.3) is 0 Å². The fourth-order valence-electron chi connectivity index (χ4n) is 13.1. The van der Waals surface area contributed by atoms with E-state index in [9.17, 15) is 35.7 Å². The van der Waals surface area contributed by atoms with Crippen LogP contribution in [-0.4, -0.2) is 107 Å². The molecule has 0 unspecified atom stereocenters. The van der Waals surface area contributed by atoms with E-state index in [1.165, 1.54) is 33.2 Å². The zero-order chi connectivity index (χ0) is 46.0. The van der Waals surface area contributed by atoms with Crippen molar-refractivity contribution in [3.05, 3.63) is 111 Å². The molecule has 354 valence electrons. The van der Waals surface area contributed by atoms with Crippen molar-refractivity contribution in [3.63, 3.8) is 0 Å². The number of ketones is 2. The number of carbonyl (C=O) groups excluding carboxylic acids is 2. The maximum Gasteiger partial charge on any atom is 0.229 e. The molecule has 8 aliphatic rings. The molecule has 0 radical (unpaired) electrons. The van der Waals surface area contributed by atoms with Gasteiger partial charge >= 0.3 is 0 Å². The van der Waals surface area contributed by atoms with Crippen molar-refractivity contribution < 1.29 is 54.8 Å². The van der Waals surface area contributed by atoms with E-state index < -0.39 is 76.0 Å². The maximum absolute atomic E-state index is 16.0. The monoisotopic (exact) mass is 942 g/mol. The molecule has 3 fully saturated rings. The normalized spacial score (nSPS) is 36.2. The van der Waals surface area contributed by atoms with Gasteiger partial charge in [0.15, 0.2) is 11.6 Å². The first-order valence-electron chi connectivity index (χ1n) is 23.8. The van der Waals surface area contributed by atoms with Crippen molar-refractivity contribution in [2.45, 2.75) is 138 Å². The summed E-state index contributed by atoms with van der Waals surface area (Å²) in [5, 5.41) is 88.6. The summed E-state index contributed by atoms with van der Waals surface area (Å²) in [7, 11) is 2.89. The first-order valence-corrected chi connectivity index (χ1v) is 26.2. The second-order valence-corrected chi connectivity index (χ2v) is 22.7. The standard InChI is InChI=1S/C51H62N2O11S2/c54-25-30-8-4-7-29(19-30)20-31-21-36-43(57)34-10-5-11-37-42(34)45(59)51(36,39(56)22-31)40(14-18-48(61)15-2-1-3-16-48)66-65-28-53-41-23-35-32(24-52-41)12-13-33-9-6-17-49(33,35)27-50(62)44(58)38(26-55)64-47(63-37)46(50)60/h4-5,7-8,10-11,19,21-23,33,36,38,40,44,46-47,52-56,58,60-62H,1-3,6,9,12-18,20,24-28H2/t33-,36-,38-,40+,44-,46+,47-,49-,50+,51+/m1/s1. The smallest absolute Gasteiger partial charge is 0.229 e. The number of nitrogens with one attached hydrogen (secondary N) is 2. The van der Waals surface area contributed by atoms with Crippen LogP contribution in [0.2, 0.25) is 0 Å². The van der Waals surface area contributed by atoms with Crippen LogP contribution < -0.4 is 15.4 Å². The van der Waals surface area contributed by atoms with Gasteiger partial charge in [-0.3, -0.25) is 9.59 Å². The summed E-state index contributed by atoms with van der Waals surface area (Å²) in [4.78, 5) is 31.4. The van der Waals surface area contributed by atoms with Gasteiger partial charge in [-0.1, -0.05) is 89.7 Å². The average Bonchev–Trinajstić information content (AvgIpc) is 3.74. The van der Waals surface area contributed by atoms with Gasteiger partial charge in [0, 0.05) is 22.8 Å². The highest BCUT2D eigenvalue weighted by Crippen LogP contribution is 2.62. The average molecular weight is 943 g/mol. The second-order valence-electron chi connectivity index (χ2n) is 20.1. The molecule has 2 aromatic carbocycles. The molecule has 2 aromatic rings. The van der Waals surface area contributed by atoms with Gasteiger partial charge in [0.2, 0.25) is 6.29 Å². The third-order valence-corrected chi connectivity index (χ3v) is 19.2. The minimum atomic E-state index is -2.23. The van der Waals surface area contributed by atoms with Crippen molar-refractivity contribution in [1.29, 1.82) is 0 Å². The van der Waals surface area contributed by atoms with Crippen molar-refractivity contribution >= 4 is 33.2 Å². The number of hydrogen-bond acceptors (Lipinski definition) is 15. The molecule has 9 N–H and O–H groups in total. The number of hydrogen-bond donors (Lipinski definition) is 9. The molecule has 1 saturated heterocycles. The van der Waals surface area contributed by atoms with Crippen LogP contribution in [0.25, 0.3) is 0 Å². The fraction of sp³-hybridized carbons (Fsp3) is 0.569. The summed E-state index contributed by atoms with van der Waals surface area (Å²) < 4.78 is 12.6. The largest absolute Gasteiger partial charge is 0.511 e. The van der Waals surface area contributed by atoms with E-state index in [4.69, 9.17) is 9.47 Å². The molecule has 2 spiro atoms. The number of ether oxygens (including phenoxy) is 2. The van der Waals surface area contributed by atoms with Crippen molar-refractivity contribution in [1.82, 2.24) is 10.6 Å². The number of rotatable bonds is 7. The Labute approximate surface area is 393 Å². The van der Waals surface area contributed by atoms with Crippen LogP contribution in [0.5, 0.6) is 5.75 Å². The number of aliphatic hydroxyl groups excluding tert-OH is 5. The molecule has 10 atom stereocenters. The molecule has 0 amide bonds. The lowest BCUT2D eigenvalue weighted by Gasteiger charge is -2.54. The van der Waals surface area contributed by atoms with Crippen LogP contribution >= 0.6 is 21.6 Å². The third kappa shape index (κ3) is 7.68. The minimum Gasteiger partial charge on any atom is -0.511 e. The lowest BCUT2D eigenvalue weighted by atomic mass is 9.56. The number of allylic oxidation sites excluding steroid dienone is 6. The number of dihydropyridines is 1. The highest BCUT2D eigenvalue weighted by atomic mass is 33.1. The molecular formula is C51H62N2O11S2. The minimum absolute atomic E-state index is 0.0271. The van der Waals surface area contributed by atoms with Crippen LogP contribution in [0.15, 0.2) is 89.0 Å². The first-order chi connectivity index (χ1) is 31.8. The summed E-state index contributed by atoms with van der Waals surface area (Å²) in [6.07, 6.45) is 8.12. The lowest BCUT2D eigenvalue weighted by molar-refractivity contribution is -0.320. The molecule has 15 heteroatoms. The first kappa shape index (κ1) is 46.1. The number of aliphatic hydroxyl groups is 7. The van der Waals surface area contributed by atoms with E-state index in [0.29, 0.717) is 49.2 Å². The highest BCUT2D eigenvalue weighted by molar-refractivity contribution is 8.76. The molecule has 5 aliphatic carbocycles. The summed E-state index contributed by atoms with van der Waals surface area (Å²) >= 11 is 0. The van der Waals surface area contributed by atoms with E-state index >= 15 is 9.59 Å². The number of fused-ring (bicyclic) bond motifs is 2. The van der Waals surface area contributed by atoms with Gasteiger partial charge in [0.1, 0.15) is 40.8 Å². The van der Waals surface area contributed by atoms with E-state index in [1.54, 1.807) is 24.3 Å². The number of Topliss-reactive ketones (excluding diaryl/α,β-unsaturated/α-hetero) is 2. The van der Waals surface area contributed by atoms with Crippen LogP contribution in [0.3, 0.4) is 0 Å². The van der Waals surface area contributed by atoms with E-state index in [2.05, 4.69) is 16.7 Å². The Morgan fingerprint density at radius 3 is 2.50 bits per heavy atom. The maximum atomic E-state index is 16.0. The van der Waals surface area contributed by atoms with Gasteiger partial charge in [-0.2, -0.15) is 0 Å². The van der Waals surface area contributed by atoms with Gasteiger partial charge in [0.05, 0.1) is 42.0 Å². The molecule has 6 bridgehead atoms. The van der Waals surface area contributed by atoms with Gasteiger partial charge in [-0.05, 0) is 116 Å². The SMILES string of the molecule is O=C1c2cccc3c2C(=O)[C@@]2(C(O)=CC(Cc4cccc(CO)c4)=C[C@H]12)[C@H](CCC1(O)CCCCC1)SSCNC1=CC2=C(CC[C@H]4CCC[C@]24C[C@]2(O)[C@H](O)[C@@H](CO)O[C@@H](O3)[C@@H]2O)CN1. The van der Waals surface area contributed by atoms with Crippen LogP contribution in [0, 0.1) is 22.7 Å². The van der Waals surface area contributed by atoms with Crippen LogP contribution in [0.1, 0.15) is 115 Å². The summed E-state index contributed by atoms with van der Waals surface area (Å²) in [5.41, 5.74) is -1.22. The van der Waals surface area contributed by atoms with Crippen molar-refractivity contribution in [3.8, 4) is 5.75 Å². The Bertz CT molecular complexity index is 2380. The predicted octanol–water partition coefficient (Wildman–Crippen LogP) is 5.83. The molecule has 2 saturated carbocycles. The van der Waals surface area contributed by atoms with Gasteiger partial charge in [-0.15, -0.1) is 0 Å². The molecule has 3 heterocycles. The molecule has 13 nitrogen and oxygen atoms in total. The number of carbonyl (C=O) groups is 2. The quantitative estimate of drug-likeness (QED) is 0.149. The topological polar surface area (TPSA) is 218 Å². The summed E-state index contributed by atoms with van der Waals surface area (Å²) in [5.74, 6) is -1.21. The molecule has 0 aromatic heterocycles. The van der Waals surface area contributed by atoms with Gasteiger partial charge < -0.3 is 55.9 Å². The van der Waals surface area contributed by atoms with E-state index in [0.717, 1.165) is 68.3 Å². The molecule has 66 heavy (non-hydrogen) atoms.